The van der Waals surface area contributed by atoms with E-state index >= 15 is 0 Å². The summed E-state index contributed by atoms with van der Waals surface area (Å²) < 4.78 is 4.86. The molecule has 0 bridgehead atoms. The Morgan fingerprint density at radius 3 is 2.52 bits per heavy atom. The molecule has 2 rings (SSSR count). The van der Waals surface area contributed by atoms with Crippen LogP contribution in [0.4, 0.5) is 17.3 Å². The maximum atomic E-state index is 11.8. The minimum Gasteiger partial charge on any atom is -0.401 e. The van der Waals surface area contributed by atoms with E-state index in [0.717, 1.165) is 6.08 Å². The van der Waals surface area contributed by atoms with Crippen molar-refractivity contribution in [2.24, 2.45) is 0 Å². The fourth-order valence-corrected chi connectivity index (χ4v) is 1.82. The summed E-state index contributed by atoms with van der Waals surface area (Å²) in [7, 11) is 0. The van der Waals surface area contributed by atoms with Gasteiger partial charge in [-0.25, -0.2) is 0 Å². The average molecular weight is 317 g/mol. The molecule has 1 aromatic heterocycles. The van der Waals surface area contributed by atoms with E-state index in [9.17, 15) is 25.0 Å². The van der Waals surface area contributed by atoms with Gasteiger partial charge >= 0.3 is 5.88 Å². The number of rotatable bonds is 5. The molecular weight excluding hydrogens is 306 g/mol. The number of furan rings is 1. The van der Waals surface area contributed by atoms with Gasteiger partial charge < -0.3 is 9.73 Å². The van der Waals surface area contributed by atoms with Crippen LogP contribution >= 0.6 is 0 Å². The minimum atomic E-state index is -0.691. The normalized spacial score (nSPS) is 10.7. The van der Waals surface area contributed by atoms with Crippen LogP contribution < -0.4 is 5.32 Å². The standard InChI is InChI=1S/C14H11N3O6/c1-9-11(3-2-4-12(9)16(19)20)15-13(18)7-5-10-6-8-14(23-10)17(21)22/h2-8H,1H3,(H,15,18)/b7-5+. The molecule has 0 spiro atoms. The maximum absolute atomic E-state index is 11.8. The van der Waals surface area contributed by atoms with E-state index in [0.29, 0.717) is 11.3 Å². The van der Waals surface area contributed by atoms with Crippen molar-refractivity contribution < 1.29 is 19.1 Å². The molecule has 1 amide bonds. The van der Waals surface area contributed by atoms with E-state index in [4.69, 9.17) is 4.42 Å². The molecule has 1 N–H and O–H groups in total. The van der Waals surface area contributed by atoms with Gasteiger partial charge in [-0.2, -0.15) is 0 Å². The first-order chi connectivity index (χ1) is 10.9. The zero-order chi connectivity index (χ0) is 17.0. The summed E-state index contributed by atoms with van der Waals surface area (Å²) in [6.07, 6.45) is 2.37. The van der Waals surface area contributed by atoms with Crippen molar-refractivity contribution in [1.82, 2.24) is 0 Å². The van der Waals surface area contributed by atoms with Gasteiger partial charge in [-0.1, -0.05) is 6.07 Å². The van der Waals surface area contributed by atoms with Crippen LogP contribution in [0.25, 0.3) is 6.08 Å². The Kier molecular flexibility index (Phi) is 4.50. The predicted octanol–water partition coefficient (Wildman–Crippen LogP) is 3.06. The Morgan fingerprint density at radius 1 is 1.17 bits per heavy atom. The van der Waals surface area contributed by atoms with Gasteiger partial charge in [-0.15, -0.1) is 0 Å². The van der Waals surface area contributed by atoms with Crippen LogP contribution in [-0.2, 0) is 4.79 Å². The van der Waals surface area contributed by atoms with Crippen LogP contribution in [-0.4, -0.2) is 15.8 Å². The fraction of sp³-hybridized carbons (Fsp3) is 0.0714. The summed E-state index contributed by atoms with van der Waals surface area (Å²) >= 11 is 0. The first-order valence-electron chi connectivity index (χ1n) is 6.36. The van der Waals surface area contributed by atoms with E-state index in [2.05, 4.69) is 5.32 Å². The number of nitrogens with zero attached hydrogens (tertiary/aromatic N) is 2. The van der Waals surface area contributed by atoms with Gasteiger partial charge in [0, 0.05) is 12.1 Å². The zero-order valence-electron chi connectivity index (χ0n) is 11.9. The van der Waals surface area contributed by atoms with Crippen LogP contribution in [0, 0.1) is 27.2 Å². The SMILES string of the molecule is Cc1c(NC(=O)/C=C/c2ccc([N+](=O)[O-])o2)cccc1[N+](=O)[O-]. The van der Waals surface area contributed by atoms with Crippen molar-refractivity contribution in [2.75, 3.05) is 5.32 Å². The molecule has 0 atom stereocenters. The van der Waals surface area contributed by atoms with Crippen LogP contribution in [0.1, 0.15) is 11.3 Å². The van der Waals surface area contributed by atoms with Gasteiger partial charge in [-0.05, 0) is 25.1 Å². The molecule has 9 heteroatoms. The highest BCUT2D eigenvalue weighted by atomic mass is 16.6. The third kappa shape index (κ3) is 3.79. The number of benzene rings is 1. The smallest absolute Gasteiger partial charge is 0.401 e. The molecule has 118 valence electrons. The van der Waals surface area contributed by atoms with Gasteiger partial charge in [-0.3, -0.25) is 25.0 Å². The van der Waals surface area contributed by atoms with E-state index in [1.165, 1.54) is 43.3 Å². The number of anilines is 1. The number of amides is 1. The molecule has 1 aromatic carbocycles. The lowest BCUT2D eigenvalue weighted by atomic mass is 10.1. The predicted molar refractivity (Wildman–Crippen MR) is 80.9 cm³/mol. The van der Waals surface area contributed by atoms with Crippen molar-refractivity contribution in [3.63, 3.8) is 0 Å². The van der Waals surface area contributed by atoms with E-state index < -0.39 is 21.6 Å². The number of nitro groups is 2. The van der Waals surface area contributed by atoms with Crippen molar-refractivity contribution in [3.8, 4) is 0 Å². The van der Waals surface area contributed by atoms with Crippen molar-refractivity contribution in [1.29, 1.82) is 0 Å². The molecule has 23 heavy (non-hydrogen) atoms. The second-order valence-corrected chi connectivity index (χ2v) is 4.46. The summed E-state index contributed by atoms with van der Waals surface area (Å²) in [6, 6.07) is 6.85. The highest BCUT2D eigenvalue weighted by Crippen LogP contribution is 2.25. The van der Waals surface area contributed by atoms with Gasteiger partial charge in [0.15, 0.2) is 0 Å². The lowest BCUT2D eigenvalue weighted by Crippen LogP contribution is -2.09. The molecule has 0 radical (unpaired) electrons. The molecule has 0 aliphatic heterocycles. The summed E-state index contributed by atoms with van der Waals surface area (Å²) in [5.41, 5.74) is 0.528. The molecule has 0 saturated carbocycles. The Hall–Kier alpha value is -3.49. The van der Waals surface area contributed by atoms with E-state index in [-0.39, 0.29) is 11.4 Å². The molecule has 1 heterocycles. The molecule has 9 nitrogen and oxygen atoms in total. The third-order valence-corrected chi connectivity index (χ3v) is 2.95. The summed E-state index contributed by atoms with van der Waals surface area (Å²) in [6.45, 7) is 1.52. The number of carbonyl (C=O) groups excluding carboxylic acids is 1. The Labute approximate surface area is 129 Å². The van der Waals surface area contributed by atoms with Gasteiger partial charge in [0.1, 0.15) is 10.7 Å². The van der Waals surface area contributed by atoms with Crippen LogP contribution in [0.5, 0.6) is 0 Å². The Bertz CT molecular complexity index is 809. The first kappa shape index (κ1) is 15.9. The number of carbonyl (C=O) groups is 1. The zero-order valence-corrected chi connectivity index (χ0v) is 11.9. The number of nitrogens with one attached hydrogen (secondary N) is 1. The first-order valence-corrected chi connectivity index (χ1v) is 6.36. The molecule has 0 fully saturated rings. The summed E-state index contributed by atoms with van der Waals surface area (Å²) in [4.78, 5) is 31.9. The summed E-state index contributed by atoms with van der Waals surface area (Å²) in [5, 5.41) is 23.8. The van der Waals surface area contributed by atoms with Gasteiger partial charge in [0.25, 0.3) is 5.69 Å². The molecule has 0 aliphatic carbocycles. The average Bonchev–Trinajstić information content (AvgIpc) is 2.96. The third-order valence-electron chi connectivity index (χ3n) is 2.95. The lowest BCUT2D eigenvalue weighted by molar-refractivity contribution is -0.402. The Morgan fingerprint density at radius 2 is 1.91 bits per heavy atom. The van der Waals surface area contributed by atoms with Gasteiger partial charge in [0.05, 0.1) is 22.2 Å². The number of hydrogen-bond acceptors (Lipinski definition) is 6. The summed E-state index contributed by atoms with van der Waals surface area (Å²) in [5.74, 6) is -0.838. The molecule has 2 aromatic rings. The molecule has 0 saturated heterocycles. The quantitative estimate of drug-likeness (QED) is 0.512. The largest absolute Gasteiger partial charge is 0.433 e. The molecular formula is C14H11N3O6. The highest BCUT2D eigenvalue weighted by Gasteiger charge is 2.14. The topological polar surface area (TPSA) is 129 Å². The number of nitro benzene ring substituents is 1. The minimum absolute atomic E-state index is 0.103. The van der Waals surface area contributed by atoms with E-state index in [1.54, 1.807) is 0 Å². The Balaban J connectivity index is 2.10. The number of hydrogen-bond donors (Lipinski definition) is 1. The molecule has 0 unspecified atom stereocenters. The maximum Gasteiger partial charge on any atom is 0.433 e. The van der Waals surface area contributed by atoms with Crippen LogP contribution in [0.3, 0.4) is 0 Å². The van der Waals surface area contributed by atoms with E-state index in [1.807, 2.05) is 0 Å². The van der Waals surface area contributed by atoms with Crippen LogP contribution in [0.15, 0.2) is 40.8 Å². The highest BCUT2D eigenvalue weighted by molar-refractivity contribution is 6.02. The second kappa shape index (κ2) is 6.52. The molecule has 0 aliphatic rings. The lowest BCUT2D eigenvalue weighted by Gasteiger charge is -2.06. The van der Waals surface area contributed by atoms with Crippen LogP contribution in [0.2, 0.25) is 0 Å². The van der Waals surface area contributed by atoms with Crippen molar-refractivity contribution in [3.05, 3.63) is 68.0 Å². The second-order valence-electron chi connectivity index (χ2n) is 4.46. The van der Waals surface area contributed by atoms with Crippen molar-refractivity contribution in [2.45, 2.75) is 6.92 Å². The van der Waals surface area contributed by atoms with Crippen molar-refractivity contribution >= 4 is 29.2 Å². The fourth-order valence-electron chi connectivity index (χ4n) is 1.82. The monoisotopic (exact) mass is 317 g/mol. The van der Waals surface area contributed by atoms with Gasteiger partial charge in [0.2, 0.25) is 5.91 Å².